The van der Waals surface area contributed by atoms with E-state index in [4.69, 9.17) is 14.2 Å². The van der Waals surface area contributed by atoms with Crippen molar-refractivity contribution in [3.63, 3.8) is 0 Å². The van der Waals surface area contributed by atoms with Gasteiger partial charge in [0.05, 0.1) is 0 Å². The topological polar surface area (TPSA) is 78.9 Å². The Kier molecular flexibility index (Phi) is 46.2. The first-order valence-electron chi connectivity index (χ1n) is 27.6. The number of hydrogen-bond donors (Lipinski definition) is 0. The Morgan fingerprint density at radius 2 is 0.468 bits per heavy atom. The van der Waals surface area contributed by atoms with Crippen molar-refractivity contribution >= 4 is 17.9 Å². The minimum absolute atomic E-state index is 0.0647. The maximum Gasteiger partial charge on any atom is 0.306 e. The fourth-order valence-corrected chi connectivity index (χ4v) is 8.47. The minimum Gasteiger partial charge on any atom is -0.462 e. The Morgan fingerprint density at radius 3 is 0.694 bits per heavy atom. The van der Waals surface area contributed by atoms with E-state index >= 15 is 0 Å². The third kappa shape index (κ3) is 49.4. The maximum absolute atomic E-state index is 12.8. The fourth-order valence-electron chi connectivity index (χ4n) is 8.47. The normalized spacial score (nSPS) is 12.1. The molecule has 0 amide bonds. The quantitative estimate of drug-likeness (QED) is 0.0344. The van der Waals surface area contributed by atoms with Crippen molar-refractivity contribution in [1.29, 1.82) is 0 Å². The Balaban J connectivity index is 4.23. The van der Waals surface area contributed by atoms with Crippen molar-refractivity contribution in [3.8, 4) is 0 Å². The van der Waals surface area contributed by atoms with Gasteiger partial charge in [-0.3, -0.25) is 14.4 Å². The van der Waals surface area contributed by atoms with Crippen molar-refractivity contribution in [1.82, 2.24) is 0 Å². The highest BCUT2D eigenvalue weighted by Crippen LogP contribution is 2.18. The molecular weight excluding hydrogens is 769 g/mol. The summed E-state index contributed by atoms with van der Waals surface area (Å²) in [6, 6.07) is 0. The summed E-state index contributed by atoms with van der Waals surface area (Å²) in [5, 5.41) is 0. The zero-order valence-electron chi connectivity index (χ0n) is 42.7. The molecule has 0 saturated carbocycles. The first-order valence-corrected chi connectivity index (χ1v) is 27.6. The lowest BCUT2D eigenvalue weighted by atomic mass is 10.0. The molecule has 0 radical (unpaired) electrons. The molecule has 0 heterocycles. The van der Waals surface area contributed by atoms with Crippen molar-refractivity contribution in [2.45, 2.75) is 311 Å². The van der Waals surface area contributed by atoms with Crippen molar-refractivity contribution in [2.75, 3.05) is 13.2 Å². The molecular formula is C56H108O6. The Bertz CT molecular complexity index is 960. The Morgan fingerprint density at radius 1 is 0.274 bits per heavy atom. The van der Waals surface area contributed by atoms with Crippen molar-refractivity contribution in [2.24, 2.45) is 17.8 Å². The fraction of sp³-hybridized carbons (Fsp3) is 0.946. The second-order valence-corrected chi connectivity index (χ2v) is 20.6. The molecule has 0 bridgehead atoms. The van der Waals surface area contributed by atoms with Crippen LogP contribution in [-0.2, 0) is 28.6 Å². The molecule has 0 N–H and O–H groups in total. The minimum atomic E-state index is -0.763. The molecule has 0 rings (SSSR count). The van der Waals surface area contributed by atoms with Gasteiger partial charge in [-0.1, -0.05) is 266 Å². The van der Waals surface area contributed by atoms with Crippen LogP contribution in [-0.4, -0.2) is 37.2 Å². The molecule has 0 aromatic rings. The number of esters is 3. The molecule has 368 valence electrons. The zero-order valence-corrected chi connectivity index (χ0v) is 42.7. The van der Waals surface area contributed by atoms with E-state index in [1.165, 1.54) is 186 Å². The van der Waals surface area contributed by atoms with Crippen LogP contribution in [0, 0.1) is 17.8 Å². The van der Waals surface area contributed by atoms with Gasteiger partial charge in [-0.25, -0.2) is 0 Å². The van der Waals surface area contributed by atoms with Gasteiger partial charge in [0.1, 0.15) is 13.2 Å². The highest BCUT2D eigenvalue weighted by Gasteiger charge is 2.19. The molecule has 0 spiro atoms. The SMILES string of the molecule is CC(C)CCCCCCCCCCCCCCCCCC(=O)OC[C@@H](COC(=O)CCCCCCCCC(C)C)OC(=O)CCCCCCCCCCCCCCCCC(C)C. The van der Waals surface area contributed by atoms with E-state index in [9.17, 15) is 14.4 Å². The first kappa shape index (κ1) is 60.4. The van der Waals surface area contributed by atoms with Crippen LogP contribution in [0.5, 0.6) is 0 Å². The summed E-state index contributed by atoms with van der Waals surface area (Å²) in [6.07, 6.45) is 48.2. The summed E-state index contributed by atoms with van der Waals surface area (Å²) in [5.41, 5.74) is 0. The van der Waals surface area contributed by atoms with E-state index in [1.54, 1.807) is 0 Å². The number of unbranched alkanes of at least 4 members (excludes halogenated alkanes) is 32. The van der Waals surface area contributed by atoms with Gasteiger partial charge in [-0.15, -0.1) is 0 Å². The lowest BCUT2D eigenvalue weighted by Gasteiger charge is -2.18. The van der Waals surface area contributed by atoms with Gasteiger partial charge in [0, 0.05) is 19.3 Å². The van der Waals surface area contributed by atoms with Gasteiger partial charge in [0.25, 0.3) is 0 Å². The molecule has 0 aliphatic heterocycles. The average molecular weight is 877 g/mol. The summed E-state index contributed by atoms with van der Waals surface area (Å²) in [4.78, 5) is 38.0. The van der Waals surface area contributed by atoms with E-state index in [1.807, 2.05) is 0 Å². The molecule has 6 heteroatoms. The zero-order chi connectivity index (χ0) is 45.6. The third-order valence-electron chi connectivity index (χ3n) is 12.6. The van der Waals surface area contributed by atoms with Crippen LogP contribution in [0.3, 0.4) is 0 Å². The van der Waals surface area contributed by atoms with Crippen LogP contribution >= 0.6 is 0 Å². The van der Waals surface area contributed by atoms with Crippen LogP contribution in [0.2, 0.25) is 0 Å². The van der Waals surface area contributed by atoms with Gasteiger partial charge in [-0.2, -0.15) is 0 Å². The van der Waals surface area contributed by atoms with Crippen LogP contribution in [0.25, 0.3) is 0 Å². The lowest BCUT2D eigenvalue weighted by molar-refractivity contribution is -0.167. The molecule has 0 aromatic heterocycles. The number of carbonyl (C=O) groups excluding carboxylic acids is 3. The molecule has 0 unspecified atom stereocenters. The molecule has 0 saturated heterocycles. The predicted molar refractivity (Wildman–Crippen MR) is 266 cm³/mol. The summed E-state index contributed by atoms with van der Waals surface area (Å²) in [6.45, 7) is 13.7. The first-order chi connectivity index (χ1) is 30.1. The van der Waals surface area contributed by atoms with Gasteiger partial charge in [-0.05, 0) is 37.0 Å². The van der Waals surface area contributed by atoms with Crippen molar-refractivity contribution < 1.29 is 28.6 Å². The van der Waals surface area contributed by atoms with Gasteiger partial charge < -0.3 is 14.2 Å². The van der Waals surface area contributed by atoms with Crippen LogP contribution in [0.1, 0.15) is 305 Å². The van der Waals surface area contributed by atoms with E-state index in [2.05, 4.69) is 41.5 Å². The molecule has 0 aliphatic rings. The Hall–Kier alpha value is -1.59. The summed E-state index contributed by atoms with van der Waals surface area (Å²) in [7, 11) is 0. The van der Waals surface area contributed by atoms with E-state index < -0.39 is 6.10 Å². The predicted octanol–water partition coefficient (Wildman–Crippen LogP) is 17.9. The molecule has 0 fully saturated rings. The number of hydrogen-bond acceptors (Lipinski definition) is 6. The summed E-state index contributed by atoms with van der Waals surface area (Å²) < 4.78 is 16.8. The third-order valence-corrected chi connectivity index (χ3v) is 12.6. The summed E-state index contributed by atoms with van der Waals surface area (Å²) in [5.74, 6) is 1.60. The molecule has 0 aliphatic carbocycles. The molecule has 6 nitrogen and oxygen atoms in total. The monoisotopic (exact) mass is 877 g/mol. The highest BCUT2D eigenvalue weighted by molar-refractivity contribution is 5.71. The van der Waals surface area contributed by atoms with Gasteiger partial charge >= 0.3 is 17.9 Å². The van der Waals surface area contributed by atoms with Crippen LogP contribution < -0.4 is 0 Å². The number of rotatable bonds is 49. The second-order valence-electron chi connectivity index (χ2n) is 20.6. The number of carbonyl (C=O) groups is 3. The largest absolute Gasteiger partial charge is 0.462 e. The number of ether oxygens (including phenoxy) is 3. The van der Waals surface area contributed by atoms with Gasteiger partial charge in [0.15, 0.2) is 6.10 Å². The van der Waals surface area contributed by atoms with E-state index in [0.717, 1.165) is 75.5 Å². The molecule has 0 aromatic carbocycles. The smallest absolute Gasteiger partial charge is 0.306 e. The standard InChI is InChI=1S/C56H108O6/c1-50(2)42-36-30-24-20-16-12-8-7-9-14-18-22-26-33-39-45-54(57)60-48-53(49-61-55(58)46-40-34-29-28-32-38-44-52(5)6)62-56(59)47-41-35-27-23-19-15-11-10-13-17-21-25-31-37-43-51(3)4/h50-53H,7-49H2,1-6H3/t53-/m0/s1. The Labute approximate surface area is 387 Å². The van der Waals surface area contributed by atoms with E-state index in [0.29, 0.717) is 19.3 Å². The van der Waals surface area contributed by atoms with Crippen molar-refractivity contribution in [3.05, 3.63) is 0 Å². The highest BCUT2D eigenvalue weighted by atomic mass is 16.6. The molecule has 62 heavy (non-hydrogen) atoms. The maximum atomic E-state index is 12.8. The lowest BCUT2D eigenvalue weighted by Crippen LogP contribution is -2.30. The van der Waals surface area contributed by atoms with Gasteiger partial charge in [0.2, 0.25) is 0 Å². The average Bonchev–Trinajstić information content (AvgIpc) is 3.23. The second kappa shape index (κ2) is 47.4. The van der Waals surface area contributed by atoms with Crippen LogP contribution in [0.4, 0.5) is 0 Å². The van der Waals surface area contributed by atoms with E-state index in [-0.39, 0.29) is 31.1 Å². The van der Waals surface area contributed by atoms with Crippen LogP contribution in [0.15, 0.2) is 0 Å². The molecule has 1 atom stereocenters. The summed E-state index contributed by atoms with van der Waals surface area (Å²) >= 11 is 0.